The zero-order valence-corrected chi connectivity index (χ0v) is 13.1. The minimum Gasteiger partial charge on any atom is -0.326 e. The molecule has 0 aliphatic heterocycles. The van der Waals surface area contributed by atoms with E-state index in [2.05, 4.69) is 25.9 Å². The van der Waals surface area contributed by atoms with Crippen LogP contribution in [0.25, 0.3) is 6.20 Å². The van der Waals surface area contributed by atoms with Crippen molar-refractivity contribution in [3.8, 4) is 0 Å². The van der Waals surface area contributed by atoms with Crippen molar-refractivity contribution in [2.45, 2.75) is 6.54 Å². The number of imidazole rings is 1. The quantitative estimate of drug-likeness (QED) is 0.760. The van der Waals surface area contributed by atoms with E-state index in [0.717, 1.165) is 14.4 Å². The van der Waals surface area contributed by atoms with Crippen LogP contribution in [0.5, 0.6) is 0 Å². The van der Waals surface area contributed by atoms with Crippen molar-refractivity contribution in [3.63, 3.8) is 0 Å². The van der Waals surface area contributed by atoms with Gasteiger partial charge in [0.05, 0.1) is 0 Å². The van der Waals surface area contributed by atoms with Crippen LogP contribution in [0.2, 0.25) is 5.02 Å². The fraction of sp³-hybridized carbons (Fsp3) is 0.154. The summed E-state index contributed by atoms with van der Waals surface area (Å²) in [5.74, 6) is 0. The molecule has 1 aromatic heterocycles. The molecule has 0 bridgehead atoms. The first-order valence-electron chi connectivity index (χ1n) is 5.34. The van der Waals surface area contributed by atoms with E-state index in [1.54, 1.807) is 6.20 Å². The first-order chi connectivity index (χ1) is 8.58. The summed E-state index contributed by atoms with van der Waals surface area (Å²) >= 11 is 7.87. The predicted molar refractivity (Wildman–Crippen MR) is 72.4 cm³/mol. The van der Waals surface area contributed by atoms with Crippen LogP contribution in [0.1, 0.15) is 5.56 Å². The molecular formula is C13H16ClN3Pt. The number of aryl methyl sites for hydroxylation is 1. The number of rotatable bonds is 2. The molecule has 0 aliphatic rings. The number of benzene rings is 1. The Labute approximate surface area is 123 Å². The molecular weight excluding hydrogens is 429 g/mol. The Bertz CT molecular complexity index is 554. The Morgan fingerprint density at radius 3 is 2.28 bits per heavy atom. The van der Waals surface area contributed by atoms with Gasteiger partial charge in [-0.05, 0) is 17.7 Å². The molecule has 2 N–H and O–H groups in total. The molecule has 0 atom stereocenters. The molecule has 0 saturated heterocycles. The van der Waals surface area contributed by atoms with Crippen LogP contribution in [-0.4, -0.2) is 9.13 Å². The van der Waals surface area contributed by atoms with Gasteiger partial charge in [-0.25, -0.2) is 0 Å². The minimum absolute atomic E-state index is 0.581. The third-order valence-electron chi connectivity index (χ3n) is 2.26. The summed E-state index contributed by atoms with van der Waals surface area (Å²) in [6.07, 6.45) is 5.74. The molecule has 1 heterocycles. The van der Waals surface area contributed by atoms with Crippen LogP contribution in [0.15, 0.2) is 43.2 Å². The van der Waals surface area contributed by atoms with Crippen LogP contribution in [-0.2, 0) is 32.9 Å². The smallest absolute Gasteiger partial charge is 0.0406 e. The van der Waals surface area contributed by atoms with Gasteiger partial charge in [0.2, 0.25) is 0 Å². The van der Waals surface area contributed by atoms with Gasteiger partial charge in [-0.1, -0.05) is 23.7 Å². The molecule has 0 spiro atoms. The van der Waals surface area contributed by atoms with Gasteiger partial charge in [0.1, 0.15) is 0 Å². The van der Waals surface area contributed by atoms with E-state index in [1.807, 2.05) is 52.8 Å². The van der Waals surface area contributed by atoms with E-state index in [4.69, 9.17) is 17.3 Å². The van der Waals surface area contributed by atoms with Crippen LogP contribution < -0.4 is 5.73 Å². The monoisotopic (exact) mass is 444 g/mol. The molecule has 100 valence electrons. The molecule has 1 aromatic carbocycles. The Morgan fingerprint density at radius 1 is 1.33 bits per heavy atom. The summed E-state index contributed by atoms with van der Waals surface area (Å²) in [5, 5.41) is 0.757. The van der Waals surface area contributed by atoms with Gasteiger partial charge in [-0.3, -0.25) is 0 Å². The van der Waals surface area contributed by atoms with E-state index in [9.17, 15) is 0 Å². The zero-order valence-electron chi connectivity index (χ0n) is 10.1. The van der Waals surface area contributed by atoms with Gasteiger partial charge in [0, 0.05) is 11.6 Å². The van der Waals surface area contributed by atoms with E-state index < -0.39 is 0 Å². The van der Waals surface area contributed by atoms with E-state index in [1.165, 1.54) is 0 Å². The van der Waals surface area contributed by atoms with Gasteiger partial charge in [0.25, 0.3) is 0 Å². The van der Waals surface area contributed by atoms with E-state index >= 15 is 0 Å². The summed E-state index contributed by atoms with van der Waals surface area (Å²) in [5.41, 5.74) is 6.47. The van der Waals surface area contributed by atoms with Crippen LogP contribution >= 0.6 is 11.6 Å². The number of aromatic nitrogens is 2. The van der Waals surface area contributed by atoms with Crippen molar-refractivity contribution in [1.82, 2.24) is 9.13 Å². The standard InChI is InChI=1S/C7H8ClN.C6H8N2.Pt/c8-7-3-1-6(5-9)2-4-7;1-3-8-5-4-7(2)6-8;/h1-4H,5,9H2;3-5H,1H2,2H3;. The number of hydrogen-bond acceptors (Lipinski definition) is 1. The molecule has 0 saturated carbocycles. The molecule has 5 heteroatoms. The third kappa shape index (κ3) is 4.41. The van der Waals surface area contributed by atoms with E-state index in [0.29, 0.717) is 6.54 Å². The predicted octanol–water partition coefficient (Wildman–Crippen LogP) is 2.80. The molecule has 2 rings (SSSR count). The van der Waals surface area contributed by atoms with Crippen LogP contribution in [0.3, 0.4) is 0 Å². The Hall–Kier alpha value is -0.892. The average molecular weight is 445 g/mol. The topological polar surface area (TPSA) is 35.9 Å². The molecule has 0 fully saturated rings. The fourth-order valence-electron chi connectivity index (χ4n) is 1.22. The largest absolute Gasteiger partial charge is 0.326 e. The summed E-state index contributed by atoms with van der Waals surface area (Å²) < 4.78 is 5.15. The van der Waals surface area contributed by atoms with Crippen molar-refractivity contribution in [1.29, 1.82) is 0 Å². The molecule has 0 unspecified atom stereocenters. The maximum absolute atomic E-state index is 5.63. The number of hydrogen-bond donors (Lipinski definition) is 1. The molecule has 3 nitrogen and oxygen atoms in total. The molecule has 2 aromatic rings. The van der Waals surface area contributed by atoms with Crippen molar-refractivity contribution in [2.75, 3.05) is 0 Å². The van der Waals surface area contributed by atoms with Crippen molar-refractivity contribution < 1.29 is 19.4 Å². The Morgan fingerprint density at radius 2 is 1.94 bits per heavy atom. The summed E-state index contributed by atoms with van der Waals surface area (Å²) in [7, 11) is 2.00. The minimum atomic E-state index is 0.581. The van der Waals surface area contributed by atoms with Gasteiger partial charge >= 0.3 is 64.5 Å². The fourth-order valence-corrected chi connectivity index (χ4v) is 1.89. The number of nitrogens with zero attached hydrogens (tertiary/aromatic N) is 2. The third-order valence-corrected chi connectivity index (χ3v) is 3.90. The maximum Gasteiger partial charge on any atom is 0.0406 e. The zero-order chi connectivity index (χ0) is 13.5. The first-order valence-corrected chi connectivity index (χ1v) is 6.85. The average Bonchev–Trinajstić information content (AvgIpc) is 2.71. The summed E-state index contributed by atoms with van der Waals surface area (Å²) in [4.78, 5) is 0. The van der Waals surface area contributed by atoms with Crippen molar-refractivity contribution in [3.05, 3.63) is 57.6 Å². The Kier molecular flexibility index (Phi) is 6.34. The molecule has 0 radical (unpaired) electrons. The van der Waals surface area contributed by atoms with Gasteiger partial charge in [-0.2, -0.15) is 0 Å². The Balaban J connectivity index is 0.000000180. The SMILES string of the molecule is C=Cn1ccn(C)[c]1=[Pt].NCc1ccc(Cl)cc1. The van der Waals surface area contributed by atoms with Crippen molar-refractivity contribution >= 4 is 17.8 Å². The number of nitrogens with two attached hydrogens (primary N) is 1. The van der Waals surface area contributed by atoms with Crippen LogP contribution in [0.4, 0.5) is 0 Å². The van der Waals surface area contributed by atoms with Crippen LogP contribution in [0, 0.1) is 3.80 Å². The molecule has 18 heavy (non-hydrogen) atoms. The second-order valence-electron chi connectivity index (χ2n) is 3.57. The van der Waals surface area contributed by atoms with Gasteiger partial charge < -0.3 is 5.73 Å². The molecule has 0 aliphatic carbocycles. The second kappa shape index (κ2) is 7.52. The summed E-state index contributed by atoms with van der Waals surface area (Å²) in [6, 6.07) is 7.51. The first kappa shape index (κ1) is 15.2. The maximum atomic E-state index is 5.63. The van der Waals surface area contributed by atoms with E-state index in [-0.39, 0.29) is 0 Å². The van der Waals surface area contributed by atoms with Crippen molar-refractivity contribution in [2.24, 2.45) is 12.8 Å². The normalized spacial score (nSPS) is 9.61. The van der Waals surface area contributed by atoms with Gasteiger partial charge in [0.15, 0.2) is 0 Å². The molecule has 0 amide bonds. The number of halogens is 1. The second-order valence-corrected chi connectivity index (χ2v) is 5.02. The summed E-state index contributed by atoms with van der Waals surface area (Å²) in [6.45, 7) is 4.23. The van der Waals surface area contributed by atoms with Gasteiger partial charge in [-0.15, -0.1) is 0 Å².